The summed E-state index contributed by atoms with van der Waals surface area (Å²) in [6, 6.07) is 41.1. The quantitative estimate of drug-likeness (QED) is 0.0631. The summed E-state index contributed by atoms with van der Waals surface area (Å²) in [4.78, 5) is 142. The molecule has 0 radical (unpaired) electrons. The second kappa shape index (κ2) is 36.1. The standard InChI is InChI=1S/C25H19FN4O3.C24H23FN4O3.C24H22FN3O3.C23H20FN3O4/c26-17-5-3-16(4-6-17)13-30-14-19-20(24(32)29-12-15-7-10-27-11-8-15)18-2-1-9-28-22(18)23(31)21(19)25(30)33;1-27-9-11-28(12-10-27)23(31)19-17-3-2-8-26-21(17)22(30)20-18(19)14-29(24(20)32)13-15-4-6-16(25)7-5-15;25-16-8-6-15(7-9-16)13-28-14-18-19(23(30)27-11-2-1-3-12-27)17-5-4-10-26-21(17)22(29)20(18)24(28)31;24-15-5-3-14(4-6-15)12-27-13-17-18(22(29)26-8-10-31-11-9-26)16-2-1-7-25-20(16)21(28)19(17)23(27)30/h1-11,31H,12-14H2,(H,29,32);2-8,30H,9-14H2,1H3;4-10,29H,1-3,11-14H2;1-7,28H,8-13H2. The molecule has 3 fully saturated rings. The third kappa shape index (κ3) is 16.9. The number of nitrogens with zero attached hydrogens (tertiary/aromatic N) is 13. The van der Waals surface area contributed by atoms with Gasteiger partial charge < -0.3 is 69.7 Å². The van der Waals surface area contributed by atoms with Crippen molar-refractivity contribution in [1.29, 1.82) is 0 Å². The number of fused-ring (bicyclic) bond motifs is 8. The van der Waals surface area contributed by atoms with Gasteiger partial charge in [0, 0.05) is 192 Å². The number of ether oxygens (including phenoxy) is 1. The molecule has 0 spiro atoms. The van der Waals surface area contributed by atoms with Crippen molar-refractivity contribution in [3.05, 3.63) is 313 Å². The summed E-state index contributed by atoms with van der Waals surface area (Å²) in [5, 5.41) is 48.6. The average Bonchev–Trinajstić information content (AvgIpc) is 1.63. The molecule has 8 aromatic carbocycles. The number of aromatic hydroxyl groups is 4. The number of aromatic nitrogens is 5. The Morgan fingerprint density at radius 3 is 0.969 bits per heavy atom. The van der Waals surface area contributed by atoms with Crippen LogP contribution in [0.4, 0.5) is 17.6 Å². The van der Waals surface area contributed by atoms with Gasteiger partial charge in [0.25, 0.3) is 47.3 Å². The molecule has 8 amide bonds. The van der Waals surface area contributed by atoms with E-state index in [-0.39, 0.29) is 191 Å². The number of amides is 8. The van der Waals surface area contributed by atoms with Crippen molar-refractivity contribution in [2.45, 2.75) is 78.2 Å². The van der Waals surface area contributed by atoms with Crippen LogP contribution in [0.3, 0.4) is 0 Å². The Morgan fingerprint density at radius 2 is 0.646 bits per heavy atom. The van der Waals surface area contributed by atoms with Crippen LogP contribution >= 0.6 is 0 Å². The molecule has 31 heteroatoms. The zero-order chi connectivity index (χ0) is 88.4. The normalized spacial score (nSPS) is 15.4. The summed E-state index contributed by atoms with van der Waals surface area (Å²) in [6.07, 6.45) is 12.4. The zero-order valence-electron chi connectivity index (χ0n) is 68.8. The van der Waals surface area contributed by atoms with Crippen LogP contribution < -0.4 is 5.32 Å². The Labute approximate surface area is 724 Å². The van der Waals surface area contributed by atoms with E-state index in [4.69, 9.17) is 4.74 Å². The number of hydrogen-bond acceptors (Lipinski definition) is 19. The molecule has 127 heavy (non-hydrogen) atoms. The van der Waals surface area contributed by atoms with Crippen molar-refractivity contribution >= 4 is 90.9 Å². The van der Waals surface area contributed by atoms with Gasteiger partial charge in [0.2, 0.25) is 0 Å². The van der Waals surface area contributed by atoms with Crippen molar-refractivity contribution < 1.29 is 81.1 Å². The maximum absolute atomic E-state index is 13.6. The third-order valence-electron chi connectivity index (χ3n) is 23.9. The number of carbonyl (C=O) groups is 8. The van der Waals surface area contributed by atoms with Crippen LogP contribution in [0.25, 0.3) is 43.6 Å². The fourth-order valence-corrected chi connectivity index (χ4v) is 17.5. The largest absolute Gasteiger partial charge is 0.505 e. The van der Waals surface area contributed by atoms with E-state index in [2.05, 4.69) is 35.1 Å². The van der Waals surface area contributed by atoms with Crippen LogP contribution in [0.15, 0.2) is 195 Å². The lowest BCUT2D eigenvalue weighted by molar-refractivity contribution is 0.0303. The SMILES string of the molecule is CN1CCN(C(=O)c2c3c(c(O)c4ncccc24)C(=O)N(Cc2ccc(F)cc2)C3)CC1.O=C(NCc1ccncc1)c1c2c(c(O)c3ncccc13)C(=O)N(Cc1ccc(F)cc1)C2.O=C1c2c(c(C(=O)N3CCCCC3)c3cccnc3c2O)CN1Cc1ccc(F)cc1.O=C1c2c(c(C(=O)N3CCOCC3)c3cccnc3c2O)CN1Cc1ccc(F)cc1. The Hall–Kier alpha value is -14.9. The molecule has 3 saturated heterocycles. The number of rotatable bonds is 14. The summed E-state index contributed by atoms with van der Waals surface area (Å²) >= 11 is 0. The molecular weight excluding hydrogens is 1630 g/mol. The highest BCUT2D eigenvalue weighted by molar-refractivity contribution is 6.19. The number of likely N-dealkylation sites (tertiary alicyclic amines) is 1. The van der Waals surface area contributed by atoms with Gasteiger partial charge in [-0.05, 0) is 139 Å². The average molecular weight is 1720 g/mol. The number of hydrogen-bond donors (Lipinski definition) is 5. The minimum Gasteiger partial charge on any atom is -0.505 e. The molecular formula is C96H84F4N14O13. The van der Waals surface area contributed by atoms with Crippen molar-refractivity contribution in [2.75, 3.05) is 72.6 Å². The topological polar surface area (TPSA) is 329 Å². The first-order valence-corrected chi connectivity index (χ1v) is 41.5. The predicted molar refractivity (Wildman–Crippen MR) is 459 cm³/mol. The van der Waals surface area contributed by atoms with Gasteiger partial charge >= 0.3 is 0 Å². The van der Waals surface area contributed by atoms with Gasteiger partial charge in [0.1, 0.15) is 45.3 Å². The van der Waals surface area contributed by atoms with Crippen LogP contribution in [-0.4, -0.2) is 204 Å². The van der Waals surface area contributed by atoms with Crippen LogP contribution in [0, 0.1) is 23.3 Å². The lowest BCUT2D eigenvalue weighted by Crippen LogP contribution is -2.47. The first kappa shape index (κ1) is 84.4. The summed E-state index contributed by atoms with van der Waals surface area (Å²) in [6.45, 7) is 7.91. The van der Waals surface area contributed by atoms with E-state index in [0.29, 0.717) is 119 Å². The summed E-state index contributed by atoms with van der Waals surface area (Å²) in [5.74, 6) is -4.56. The molecule has 12 heterocycles. The molecule has 13 aromatic rings. The van der Waals surface area contributed by atoms with E-state index in [9.17, 15) is 76.3 Å². The summed E-state index contributed by atoms with van der Waals surface area (Å²) in [7, 11) is 2.02. The van der Waals surface area contributed by atoms with Gasteiger partial charge in [-0.2, -0.15) is 0 Å². The number of likely N-dealkylation sites (N-methyl/N-ethyl adjacent to an activating group) is 1. The monoisotopic (exact) mass is 1720 g/mol. The summed E-state index contributed by atoms with van der Waals surface area (Å²) in [5.41, 5.74) is 8.95. The highest BCUT2D eigenvalue weighted by Crippen LogP contribution is 2.46. The molecule has 27 nitrogen and oxygen atoms in total. The van der Waals surface area contributed by atoms with Crippen molar-refractivity contribution in [2.24, 2.45) is 0 Å². The molecule has 0 aliphatic carbocycles. The fourth-order valence-electron chi connectivity index (χ4n) is 17.5. The fraction of sp³-hybridized carbons (Fsp3) is 0.240. The van der Waals surface area contributed by atoms with Crippen molar-refractivity contribution in [3.8, 4) is 23.0 Å². The number of phenolic OH excluding ortho intramolecular Hbond substituents is 4. The molecule has 7 aliphatic heterocycles. The van der Waals surface area contributed by atoms with E-state index in [1.54, 1.807) is 152 Å². The maximum Gasteiger partial charge on any atom is 0.258 e. The Kier molecular flexibility index (Phi) is 24.0. The highest BCUT2D eigenvalue weighted by atomic mass is 19.1. The Bertz CT molecular complexity index is 6350. The predicted octanol–water partition coefficient (Wildman–Crippen LogP) is 12.8. The number of halogens is 4. The summed E-state index contributed by atoms with van der Waals surface area (Å²) < 4.78 is 58.4. The number of piperidine rings is 1. The smallest absolute Gasteiger partial charge is 0.258 e. The number of pyridine rings is 5. The number of nitrogens with one attached hydrogen (secondary N) is 1. The van der Waals surface area contributed by atoms with Crippen LogP contribution in [0.1, 0.15) is 152 Å². The van der Waals surface area contributed by atoms with Crippen molar-refractivity contribution in [3.63, 3.8) is 0 Å². The molecule has 0 unspecified atom stereocenters. The van der Waals surface area contributed by atoms with Crippen LogP contribution in [-0.2, 0) is 63.6 Å². The first-order chi connectivity index (χ1) is 61.5. The van der Waals surface area contributed by atoms with E-state index >= 15 is 0 Å². The van der Waals surface area contributed by atoms with Gasteiger partial charge in [0.15, 0.2) is 23.0 Å². The second-order valence-electron chi connectivity index (χ2n) is 31.9. The highest BCUT2D eigenvalue weighted by Gasteiger charge is 2.43. The second-order valence-corrected chi connectivity index (χ2v) is 31.9. The van der Waals surface area contributed by atoms with Gasteiger partial charge in [0.05, 0.1) is 57.7 Å². The minimum absolute atomic E-state index is 0.0809. The lowest BCUT2D eigenvalue weighted by atomic mass is 9.95. The van der Waals surface area contributed by atoms with E-state index in [1.807, 2.05) is 11.9 Å². The maximum atomic E-state index is 13.6. The zero-order valence-corrected chi connectivity index (χ0v) is 68.8. The number of morpholine rings is 1. The molecule has 0 bridgehead atoms. The molecule has 5 aromatic heterocycles. The molecule has 5 N–H and O–H groups in total. The third-order valence-corrected chi connectivity index (χ3v) is 23.9. The number of carbonyl (C=O) groups excluding carboxylic acids is 8. The van der Waals surface area contributed by atoms with E-state index < -0.39 is 5.91 Å². The van der Waals surface area contributed by atoms with Gasteiger partial charge in [-0.3, -0.25) is 63.3 Å². The van der Waals surface area contributed by atoms with Crippen LogP contribution in [0.5, 0.6) is 23.0 Å². The molecule has 7 aliphatic rings. The Balaban J connectivity index is 0.000000119. The molecule has 644 valence electrons. The van der Waals surface area contributed by atoms with Crippen LogP contribution in [0.2, 0.25) is 0 Å². The minimum atomic E-state index is -0.400. The van der Waals surface area contributed by atoms with Gasteiger partial charge in [-0.1, -0.05) is 72.8 Å². The van der Waals surface area contributed by atoms with E-state index in [1.165, 1.54) is 72.0 Å². The number of piperazine rings is 1. The van der Waals surface area contributed by atoms with Gasteiger partial charge in [-0.25, -0.2) is 17.6 Å². The number of benzene rings is 8. The van der Waals surface area contributed by atoms with Crippen molar-refractivity contribution in [1.82, 2.24) is 69.4 Å². The van der Waals surface area contributed by atoms with Gasteiger partial charge in [-0.15, -0.1) is 0 Å². The number of phenols is 4. The molecule has 0 atom stereocenters. The molecule has 0 saturated carbocycles. The first-order valence-electron chi connectivity index (χ1n) is 41.5. The lowest BCUT2D eigenvalue weighted by Gasteiger charge is -2.33. The molecule has 20 rings (SSSR count). The van der Waals surface area contributed by atoms with E-state index in [0.717, 1.165) is 60.2 Å². The Morgan fingerprint density at radius 1 is 0.354 bits per heavy atom.